The first-order chi connectivity index (χ1) is 9.69. The molecule has 1 aromatic carbocycles. The second-order valence-electron chi connectivity index (χ2n) is 5.48. The molecule has 118 valence electrons. The van der Waals surface area contributed by atoms with E-state index < -0.39 is 0 Å². The van der Waals surface area contributed by atoms with Gasteiger partial charge in [0.15, 0.2) is 0 Å². The normalized spacial score (nSPS) is 15.1. The highest BCUT2D eigenvalue weighted by molar-refractivity contribution is 5.92. The molecule has 1 aromatic rings. The lowest BCUT2D eigenvalue weighted by atomic mass is 9.93. The van der Waals surface area contributed by atoms with Crippen molar-refractivity contribution in [3.05, 3.63) is 23.8 Å². The first kappa shape index (κ1) is 17.8. The SMILES string of the molecule is COc1ccc(C)cc1NC(=O)CCC1CCNCC1.Cl. The van der Waals surface area contributed by atoms with Crippen molar-refractivity contribution in [3.8, 4) is 5.75 Å². The van der Waals surface area contributed by atoms with E-state index in [1.165, 1.54) is 12.8 Å². The molecule has 1 fully saturated rings. The Morgan fingerprint density at radius 1 is 1.38 bits per heavy atom. The molecular weight excluding hydrogens is 288 g/mol. The third-order valence-corrected chi connectivity index (χ3v) is 3.87. The molecule has 0 unspecified atom stereocenters. The minimum absolute atomic E-state index is 0. The quantitative estimate of drug-likeness (QED) is 0.878. The molecule has 0 spiro atoms. The summed E-state index contributed by atoms with van der Waals surface area (Å²) >= 11 is 0. The van der Waals surface area contributed by atoms with Crippen LogP contribution < -0.4 is 15.4 Å². The van der Waals surface area contributed by atoms with Crippen LogP contribution in [0.15, 0.2) is 18.2 Å². The number of halogens is 1. The van der Waals surface area contributed by atoms with Gasteiger partial charge in [-0.2, -0.15) is 0 Å². The first-order valence-corrected chi connectivity index (χ1v) is 7.34. The summed E-state index contributed by atoms with van der Waals surface area (Å²) in [5, 5.41) is 6.31. The minimum Gasteiger partial charge on any atom is -0.495 e. The highest BCUT2D eigenvalue weighted by atomic mass is 35.5. The molecule has 0 bridgehead atoms. The van der Waals surface area contributed by atoms with Crippen LogP contribution in [0.4, 0.5) is 5.69 Å². The number of ether oxygens (including phenoxy) is 1. The number of methoxy groups -OCH3 is 1. The fourth-order valence-electron chi connectivity index (χ4n) is 2.64. The van der Waals surface area contributed by atoms with E-state index >= 15 is 0 Å². The van der Waals surface area contributed by atoms with E-state index in [4.69, 9.17) is 4.74 Å². The van der Waals surface area contributed by atoms with Gasteiger partial charge in [0, 0.05) is 6.42 Å². The van der Waals surface area contributed by atoms with E-state index in [-0.39, 0.29) is 18.3 Å². The zero-order chi connectivity index (χ0) is 14.4. The van der Waals surface area contributed by atoms with Gasteiger partial charge >= 0.3 is 0 Å². The van der Waals surface area contributed by atoms with Crippen LogP contribution in [0.25, 0.3) is 0 Å². The second-order valence-corrected chi connectivity index (χ2v) is 5.48. The molecule has 1 amide bonds. The van der Waals surface area contributed by atoms with Crippen molar-refractivity contribution in [2.24, 2.45) is 5.92 Å². The maximum atomic E-state index is 12.1. The first-order valence-electron chi connectivity index (χ1n) is 7.34. The van der Waals surface area contributed by atoms with Crippen molar-refractivity contribution in [2.75, 3.05) is 25.5 Å². The Morgan fingerprint density at radius 2 is 2.10 bits per heavy atom. The Bertz CT molecular complexity index is 460. The number of hydrogen-bond acceptors (Lipinski definition) is 3. The van der Waals surface area contributed by atoms with Crippen molar-refractivity contribution in [3.63, 3.8) is 0 Å². The molecule has 0 radical (unpaired) electrons. The molecule has 21 heavy (non-hydrogen) atoms. The standard InChI is InChI=1S/C16H24N2O2.ClH/c1-12-3-5-15(20-2)14(11-12)18-16(19)6-4-13-7-9-17-10-8-13;/h3,5,11,13,17H,4,6-10H2,1-2H3,(H,18,19);1H. The molecule has 2 rings (SSSR count). The topological polar surface area (TPSA) is 50.4 Å². The molecular formula is C16H25ClN2O2. The Hall–Kier alpha value is -1.26. The molecule has 1 saturated heterocycles. The molecule has 2 N–H and O–H groups in total. The third kappa shape index (κ3) is 5.56. The number of benzene rings is 1. The van der Waals surface area contributed by atoms with Gasteiger partial charge < -0.3 is 15.4 Å². The zero-order valence-electron chi connectivity index (χ0n) is 12.8. The second kappa shape index (κ2) is 8.90. The van der Waals surface area contributed by atoms with Gasteiger partial charge in [0.05, 0.1) is 12.8 Å². The fraction of sp³-hybridized carbons (Fsp3) is 0.562. The summed E-state index contributed by atoms with van der Waals surface area (Å²) < 4.78 is 5.27. The van der Waals surface area contributed by atoms with E-state index in [1.807, 2.05) is 25.1 Å². The van der Waals surface area contributed by atoms with Crippen LogP contribution in [0.3, 0.4) is 0 Å². The lowest BCUT2D eigenvalue weighted by molar-refractivity contribution is -0.116. The largest absolute Gasteiger partial charge is 0.495 e. The van der Waals surface area contributed by atoms with Crippen LogP contribution in [0, 0.1) is 12.8 Å². The summed E-state index contributed by atoms with van der Waals surface area (Å²) in [7, 11) is 1.62. The van der Waals surface area contributed by atoms with E-state index in [0.717, 1.165) is 30.8 Å². The molecule has 0 aromatic heterocycles. The van der Waals surface area contributed by atoms with Gasteiger partial charge in [0.2, 0.25) is 5.91 Å². The third-order valence-electron chi connectivity index (χ3n) is 3.87. The molecule has 1 aliphatic heterocycles. The van der Waals surface area contributed by atoms with Crippen molar-refractivity contribution in [1.29, 1.82) is 0 Å². The maximum absolute atomic E-state index is 12.1. The summed E-state index contributed by atoms with van der Waals surface area (Å²) in [6.07, 6.45) is 3.92. The van der Waals surface area contributed by atoms with Gasteiger partial charge in [-0.15, -0.1) is 12.4 Å². The number of anilines is 1. The highest BCUT2D eigenvalue weighted by Crippen LogP contribution is 2.26. The van der Waals surface area contributed by atoms with Crippen molar-refractivity contribution >= 4 is 24.0 Å². The smallest absolute Gasteiger partial charge is 0.224 e. The molecule has 0 saturated carbocycles. The van der Waals surface area contributed by atoms with Crippen LogP contribution >= 0.6 is 12.4 Å². The number of aryl methyl sites for hydroxylation is 1. The summed E-state index contributed by atoms with van der Waals surface area (Å²) in [6.45, 7) is 4.17. The molecule has 4 nitrogen and oxygen atoms in total. The van der Waals surface area contributed by atoms with E-state index in [0.29, 0.717) is 18.1 Å². The number of piperidine rings is 1. The maximum Gasteiger partial charge on any atom is 0.224 e. The Kier molecular flexibility index (Phi) is 7.54. The zero-order valence-corrected chi connectivity index (χ0v) is 13.6. The number of nitrogens with one attached hydrogen (secondary N) is 2. The van der Waals surface area contributed by atoms with Gasteiger partial charge in [-0.25, -0.2) is 0 Å². The Labute approximate surface area is 133 Å². The number of rotatable bonds is 5. The Balaban J connectivity index is 0.00000220. The van der Waals surface area contributed by atoms with E-state index in [2.05, 4.69) is 10.6 Å². The van der Waals surface area contributed by atoms with Crippen LogP contribution in [-0.2, 0) is 4.79 Å². The van der Waals surface area contributed by atoms with Crippen molar-refractivity contribution < 1.29 is 9.53 Å². The van der Waals surface area contributed by atoms with Crippen LogP contribution in [0.1, 0.15) is 31.2 Å². The van der Waals surface area contributed by atoms with Gasteiger partial charge in [-0.3, -0.25) is 4.79 Å². The number of carbonyl (C=O) groups is 1. The van der Waals surface area contributed by atoms with Gasteiger partial charge in [-0.1, -0.05) is 6.07 Å². The van der Waals surface area contributed by atoms with Gasteiger partial charge in [0.1, 0.15) is 5.75 Å². The summed E-state index contributed by atoms with van der Waals surface area (Å²) in [4.78, 5) is 12.1. The predicted molar refractivity (Wildman–Crippen MR) is 88.4 cm³/mol. The number of carbonyl (C=O) groups excluding carboxylic acids is 1. The van der Waals surface area contributed by atoms with Crippen molar-refractivity contribution in [2.45, 2.75) is 32.6 Å². The lowest BCUT2D eigenvalue weighted by Gasteiger charge is -2.22. The summed E-state index contributed by atoms with van der Waals surface area (Å²) in [6, 6.07) is 5.81. The molecule has 1 aliphatic rings. The fourth-order valence-corrected chi connectivity index (χ4v) is 2.64. The number of amides is 1. The Morgan fingerprint density at radius 3 is 2.76 bits per heavy atom. The average molecular weight is 313 g/mol. The summed E-state index contributed by atoms with van der Waals surface area (Å²) in [5.41, 5.74) is 1.88. The summed E-state index contributed by atoms with van der Waals surface area (Å²) in [5.74, 6) is 1.47. The van der Waals surface area contributed by atoms with Crippen LogP contribution in [-0.4, -0.2) is 26.1 Å². The molecule has 1 heterocycles. The van der Waals surface area contributed by atoms with E-state index in [1.54, 1.807) is 7.11 Å². The van der Waals surface area contributed by atoms with Crippen molar-refractivity contribution in [1.82, 2.24) is 5.32 Å². The monoisotopic (exact) mass is 312 g/mol. The highest BCUT2D eigenvalue weighted by Gasteiger charge is 2.15. The van der Waals surface area contributed by atoms with Gasteiger partial charge in [0.25, 0.3) is 0 Å². The van der Waals surface area contributed by atoms with Gasteiger partial charge in [-0.05, 0) is 62.9 Å². The van der Waals surface area contributed by atoms with Crippen LogP contribution in [0.5, 0.6) is 5.75 Å². The predicted octanol–water partition coefficient (Wildman–Crippen LogP) is 3.14. The van der Waals surface area contributed by atoms with E-state index in [9.17, 15) is 4.79 Å². The average Bonchev–Trinajstić information content (AvgIpc) is 2.46. The van der Waals surface area contributed by atoms with Crippen LogP contribution in [0.2, 0.25) is 0 Å². The molecule has 0 atom stereocenters. The number of hydrogen-bond donors (Lipinski definition) is 2. The molecule has 5 heteroatoms. The molecule has 0 aliphatic carbocycles. The lowest BCUT2D eigenvalue weighted by Crippen LogP contribution is -2.28. The minimum atomic E-state index is 0.